The second-order valence-electron chi connectivity index (χ2n) is 7.22. The molecule has 2 aliphatic rings. The van der Waals surface area contributed by atoms with Gasteiger partial charge in [-0.15, -0.1) is 0 Å². The number of carbonyl (C=O) groups excluding carboxylic acids is 1. The summed E-state index contributed by atoms with van der Waals surface area (Å²) in [6.45, 7) is 12.0. The Morgan fingerprint density at radius 2 is 1.85 bits per heavy atom. The van der Waals surface area contributed by atoms with E-state index in [1.807, 2.05) is 0 Å². The van der Waals surface area contributed by atoms with Crippen LogP contribution in [0.4, 0.5) is 0 Å². The Morgan fingerprint density at radius 1 is 1.25 bits per heavy atom. The number of piperidine rings is 1. The van der Waals surface area contributed by atoms with Gasteiger partial charge in [0.1, 0.15) is 0 Å². The van der Waals surface area contributed by atoms with Crippen LogP contribution in [-0.4, -0.2) is 36.5 Å². The minimum atomic E-state index is 0.323. The van der Waals surface area contributed by atoms with Gasteiger partial charge in [0.15, 0.2) is 0 Å². The largest absolute Gasteiger partial charge is 0.339 e. The number of amides is 1. The summed E-state index contributed by atoms with van der Waals surface area (Å²) in [6.07, 6.45) is 5.69. The fourth-order valence-electron chi connectivity index (χ4n) is 3.92. The van der Waals surface area contributed by atoms with Gasteiger partial charge in [-0.1, -0.05) is 27.7 Å². The second-order valence-corrected chi connectivity index (χ2v) is 7.22. The molecule has 1 spiro atoms. The maximum Gasteiger partial charge on any atom is 0.226 e. The molecule has 0 aromatic heterocycles. The van der Waals surface area contributed by atoms with Crippen LogP contribution in [0.5, 0.6) is 0 Å². The molecule has 2 fully saturated rings. The van der Waals surface area contributed by atoms with Gasteiger partial charge in [-0.25, -0.2) is 0 Å². The van der Waals surface area contributed by atoms with Crippen molar-refractivity contribution in [2.45, 2.75) is 65.8 Å². The molecule has 1 saturated heterocycles. The van der Waals surface area contributed by atoms with Gasteiger partial charge in [-0.2, -0.15) is 0 Å². The molecule has 1 atom stereocenters. The molecule has 2 rings (SSSR count). The van der Waals surface area contributed by atoms with E-state index in [0.717, 1.165) is 38.9 Å². The molecule has 1 saturated carbocycles. The first-order chi connectivity index (χ1) is 9.54. The van der Waals surface area contributed by atoms with E-state index in [1.54, 1.807) is 0 Å². The van der Waals surface area contributed by atoms with Gasteiger partial charge in [-0.05, 0) is 56.5 Å². The number of rotatable bonds is 6. The van der Waals surface area contributed by atoms with Gasteiger partial charge >= 0.3 is 0 Å². The van der Waals surface area contributed by atoms with Crippen LogP contribution in [-0.2, 0) is 4.79 Å². The van der Waals surface area contributed by atoms with Crippen LogP contribution in [0, 0.1) is 17.3 Å². The van der Waals surface area contributed by atoms with Crippen LogP contribution >= 0.6 is 0 Å². The summed E-state index contributed by atoms with van der Waals surface area (Å²) in [5, 5.41) is 3.42. The van der Waals surface area contributed by atoms with Crippen molar-refractivity contribution in [1.82, 2.24) is 10.2 Å². The van der Waals surface area contributed by atoms with E-state index >= 15 is 0 Å². The molecule has 1 heterocycles. The minimum absolute atomic E-state index is 0.323. The van der Waals surface area contributed by atoms with Gasteiger partial charge in [0.2, 0.25) is 5.91 Å². The Balaban J connectivity index is 2.03. The van der Waals surface area contributed by atoms with Gasteiger partial charge < -0.3 is 10.2 Å². The second kappa shape index (κ2) is 6.46. The molecular weight excluding hydrogens is 248 g/mol. The lowest BCUT2D eigenvalue weighted by Gasteiger charge is -2.33. The van der Waals surface area contributed by atoms with E-state index in [-0.39, 0.29) is 0 Å². The highest BCUT2D eigenvalue weighted by atomic mass is 16.2. The van der Waals surface area contributed by atoms with Crippen molar-refractivity contribution in [3.8, 4) is 0 Å². The molecule has 20 heavy (non-hydrogen) atoms. The lowest BCUT2D eigenvalue weighted by Crippen LogP contribution is -2.44. The lowest BCUT2D eigenvalue weighted by atomic mass is 9.91. The Morgan fingerprint density at radius 3 is 2.35 bits per heavy atom. The van der Waals surface area contributed by atoms with Gasteiger partial charge in [0.05, 0.1) is 0 Å². The summed E-state index contributed by atoms with van der Waals surface area (Å²) in [5.74, 6) is 1.33. The van der Waals surface area contributed by atoms with E-state index in [2.05, 4.69) is 37.9 Å². The maximum atomic E-state index is 13.0. The van der Waals surface area contributed by atoms with Gasteiger partial charge in [-0.3, -0.25) is 4.79 Å². The summed E-state index contributed by atoms with van der Waals surface area (Å²) in [5.41, 5.74) is 0.365. The summed E-state index contributed by atoms with van der Waals surface area (Å²) >= 11 is 0. The molecule has 0 radical (unpaired) electrons. The molecule has 0 bridgehead atoms. The topological polar surface area (TPSA) is 32.3 Å². The molecule has 1 aliphatic heterocycles. The normalized spacial score (nSPS) is 24.4. The fraction of sp³-hybridized carbons (Fsp3) is 0.941. The molecule has 116 valence electrons. The maximum absolute atomic E-state index is 13.0. The summed E-state index contributed by atoms with van der Waals surface area (Å²) < 4.78 is 0. The molecule has 1 aliphatic carbocycles. The molecule has 0 aromatic carbocycles. The molecule has 3 heteroatoms. The predicted octanol–water partition coefficient (Wildman–Crippen LogP) is 3.05. The zero-order chi connectivity index (χ0) is 14.8. The SMILES string of the molecule is CCC(CC)N(CC(C)C)C(=O)C1CC12CCNCC2. The number of hydrogen-bond acceptors (Lipinski definition) is 2. The van der Waals surface area contributed by atoms with Crippen molar-refractivity contribution in [3.63, 3.8) is 0 Å². The van der Waals surface area contributed by atoms with Crippen molar-refractivity contribution < 1.29 is 4.79 Å². The molecule has 0 aromatic rings. The summed E-state index contributed by atoms with van der Waals surface area (Å²) in [6, 6.07) is 0.435. The lowest BCUT2D eigenvalue weighted by molar-refractivity contribution is -0.136. The average molecular weight is 280 g/mol. The summed E-state index contributed by atoms with van der Waals surface area (Å²) in [4.78, 5) is 15.2. The first-order valence-electron chi connectivity index (χ1n) is 8.55. The summed E-state index contributed by atoms with van der Waals surface area (Å²) in [7, 11) is 0. The number of hydrogen-bond donors (Lipinski definition) is 1. The molecular formula is C17H32N2O. The van der Waals surface area contributed by atoms with Crippen molar-refractivity contribution in [3.05, 3.63) is 0 Å². The van der Waals surface area contributed by atoms with Crippen LogP contribution in [0.15, 0.2) is 0 Å². The van der Waals surface area contributed by atoms with Crippen molar-refractivity contribution in [2.75, 3.05) is 19.6 Å². The highest BCUT2D eigenvalue weighted by Crippen LogP contribution is 2.59. The molecule has 1 unspecified atom stereocenters. The van der Waals surface area contributed by atoms with E-state index in [9.17, 15) is 4.79 Å². The minimum Gasteiger partial charge on any atom is -0.339 e. The van der Waals surface area contributed by atoms with Crippen molar-refractivity contribution in [2.24, 2.45) is 17.3 Å². The van der Waals surface area contributed by atoms with Crippen molar-refractivity contribution in [1.29, 1.82) is 0 Å². The molecule has 3 nitrogen and oxygen atoms in total. The molecule has 1 N–H and O–H groups in total. The third-order valence-electron chi connectivity index (χ3n) is 5.32. The van der Waals surface area contributed by atoms with Crippen LogP contribution in [0.1, 0.15) is 59.8 Å². The zero-order valence-electron chi connectivity index (χ0n) is 13.7. The van der Waals surface area contributed by atoms with Crippen LogP contribution in [0.25, 0.3) is 0 Å². The predicted molar refractivity (Wildman–Crippen MR) is 83.6 cm³/mol. The van der Waals surface area contributed by atoms with Crippen LogP contribution in [0.3, 0.4) is 0 Å². The highest BCUT2D eigenvalue weighted by Gasteiger charge is 2.58. The standard InChI is InChI=1S/C17H32N2O/c1-5-14(6-2)19(12-13(3)4)16(20)15-11-17(15)7-9-18-10-8-17/h13-15,18H,5-12H2,1-4H3. The first-order valence-corrected chi connectivity index (χ1v) is 8.55. The van der Waals surface area contributed by atoms with E-state index in [0.29, 0.717) is 29.2 Å². The average Bonchev–Trinajstić information content (AvgIpc) is 3.12. The van der Waals surface area contributed by atoms with Crippen molar-refractivity contribution >= 4 is 5.91 Å². The van der Waals surface area contributed by atoms with E-state index in [4.69, 9.17) is 0 Å². The Kier molecular flexibility index (Phi) is 5.11. The van der Waals surface area contributed by atoms with E-state index < -0.39 is 0 Å². The van der Waals surface area contributed by atoms with Gasteiger partial charge in [0.25, 0.3) is 0 Å². The Hall–Kier alpha value is -0.570. The first kappa shape index (κ1) is 15.8. The van der Waals surface area contributed by atoms with E-state index in [1.165, 1.54) is 12.8 Å². The number of nitrogens with one attached hydrogen (secondary N) is 1. The number of nitrogens with zero attached hydrogens (tertiary/aromatic N) is 1. The fourth-order valence-corrected chi connectivity index (χ4v) is 3.92. The van der Waals surface area contributed by atoms with Crippen LogP contribution < -0.4 is 5.32 Å². The highest BCUT2D eigenvalue weighted by molar-refractivity contribution is 5.83. The smallest absolute Gasteiger partial charge is 0.226 e. The third-order valence-corrected chi connectivity index (χ3v) is 5.32. The van der Waals surface area contributed by atoms with Gasteiger partial charge in [0, 0.05) is 18.5 Å². The monoisotopic (exact) mass is 280 g/mol. The quantitative estimate of drug-likeness (QED) is 0.811. The Labute approximate surface area is 124 Å². The Bertz CT molecular complexity index is 330. The van der Waals surface area contributed by atoms with Crippen LogP contribution in [0.2, 0.25) is 0 Å². The zero-order valence-corrected chi connectivity index (χ0v) is 13.7. The number of carbonyl (C=O) groups is 1. The molecule has 1 amide bonds. The third kappa shape index (κ3) is 3.19.